The molecular formula is C12H15N5O3S. The number of rotatable bonds is 4. The first kappa shape index (κ1) is 14.1. The first-order valence-electron chi connectivity index (χ1n) is 6.57. The van der Waals surface area contributed by atoms with Crippen molar-refractivity contribution in [3.63, 3.8) is 0 Å². The van der Waals surface area contributed by atoms with Crippen molar-refractivity contribution in [1.29, 1.82) is 0 Å². The second kappa shape index (κ2) is 6.29. The van der Waals surface area contributed by atoms with E-state index >= 15 is 0 Å². The summed E-state index contributed by atoms with van der Waals surface area (Å²) in [4.78, 5) is 15.1. The smallest absolute Gasteiger partial charge is 0.246 e. The van der Waals surface area contributed by atoms with Crippen LogP contribution in [0.25, 0.3) is 11.4 Å². The van der Waals surface area contributed by atoms with Crippen LogP contribution in [0.1, 0.15) is 0 Å². The lowest BCUT2D eigenvalue weighted by Gasteiger charge is -2.31. The van der Waals surface area contributed by atoms with Gasteiger partial charge in [0, 0.05) is 24.0 Å². The van der Waals surface area contributed by atoms with E-state index in [1.165, 1.54) is 4.80 Å². The molecule has 0 aliphatic carbocycles. The van der Waals surface area contributed by atoms with Crippen molar-refractivity contribution in [1.82, 2.24) is 25.1 Å². The lowest BCUT2D eigenvalue weighted by atomic mass is 10.3. The number of ether oxygens (including phenoxy) is 1. The fourth-order valence-corrected chi connectivity index (χ4v) is 2.73. The molecule has 3 rings (SSSR count). The summed E-state index contributed by atoms with van der Waals surface area (Å²) in [6, 6.07) is 1.90. The molecule has 112 valence electrons. The third-order valence-corrected chi connectivity index (χ3v) is 3.89. The first-order chi connectivity index (χ1) is 10.3. The van der Waals surface area contributed by atoms with Crippen LogP contribution in [-0.4, -0.2) is 68.5 Å². The number of carbonyl (C=O) groups is 1. The van der Waals surface area contributed by atoms with Crippen molar-refractivity contribution in [2.45, 2.75) is 12.6 Å². The van der Waals surface area contributed by atoms with E-state index in [1.54, 1.807) is 16.2 Å². The quantitative estimate of drug-likeness (QED) is 0.827. The number of carbonyl (C=O) groups excluding carboxylic acids is 1. The molecule has 9 heteroatoms. The molecule has 1 N–H and O–H groups in total. The molecule has 0 bridgehead atoms. The van der Waals surface area contributed by atoms with Gasteiger partial charge < -0.3 is 14.7 Å². The molecule has 3 heterocycles. The maximum Gasteiger partial charge on any atom is 0.246 e. The Kier molecular flexibility index (Phi) is 4.23. The Hall–Kier alpha value is -1.84. The van der Waals surface area contributed by atoms with E-state index in [-0.39, 0.29) is 25.2 Å². The van der Waals surface area contributed by atoms with Gasteiger partial charge in [-0.25, -0.2) is 0 Å². The predicted octanol–water partition coefficient (Wildman–Crippen LogP) is -0.379. The lowest BCUT2D eigenvalue weighted by molar-refractivity contribution is -0.141. The average molecular weight is 309 g/mol. The van der Waals surface area contributed by atoms with Crippen molar-refractivity contribution in [2.75, 3.05) is 26.3 Å². The highest BCUT2D eigenvalue weighted by Crippen LogP contribution is 2.16. The van der Waals surface area contributed by atoms with Gasteiger partial charge in [0.2, 0.25) is 11.7 Å². The van der Waals surface area contributed by atoms with Gasteiger partial charge in [0.05, 0.1) is 19.3 Å². The number of hydrogen-bond acceptors (Lipinski definition) is 7. The zero-order chi connectivity index (χ0) is 14.7. The van der Waals surface area contributed by atoms with Crippen LogP contribution in [0, 0.1) is 0 Å². The number of tetrazole rings is 1. The van der Waals surface area contributed by atoms with Gasteiger partial charge in [-0.1, -0.05) is 0 Å². The fraction of sp³-hybridized carbons (Fsp3) is 0.500. The summed E-state index contributed by atoms with van der Waals surface area (Å²) in [6.07, 6.45) is -0.312. The van der Waals surface area contributed by atoms with Crippen molar-refractivity contribution in [2.24, 2.45) is 0 Å². The number of hydrogen-bond donors (Lipinski definition) is 1. The molecular weight excluding hydrogens is 294 g/mol. The number of thiophene rings is 1. The first-order valence-corrected chi connectivity index (χ1v) is 7.51. The van der Waals surface area contributed by atoms with Gasteiger partial charge in [0.15, 0.2) is 0 Å². The molecule has 0 spiro atoms. The zero-order valence-electron chi connectivity index (χ0n) is 11.3. The van der Waals surface area contributed by atoms with Gasteiger partial charge in [-0.3, -0.25) is 4.79 Å². The van der Waals surface area contributed by atoms with Gasteiger partial charge in [0.1, 0.15) is 6.54 Å². The molecule has 1 fully saturated rings. The molecule has 1 saturated heterocycles. The topological polar surface area (TPSA) is 93.4 Å². The van der Waals surface area contributed by atoms with Gasteiger partial charge >= 0.3 is 0 Å². The molecule has 1 unspecified atom stereocenters. The Morgan fingerprint density at radius 3 is 3.24 bits per heavy atom. The van der Waals surface area contributed by atoms with Crippen LogP contribution in [0.2, 0.25) is 0 Å². The summed E-state index contributed by atoms with van der Waals surface area (Å²) < 4.78 is 5.32. The van der Waals surface area contributed by atoms with Crippen LogP contribution in [0.4, 0.5) is 0 Å². The molecule has 21 heavy (non-hydrogen) atoms. The maximum atomic E-state index is 12.2. The van der Waals surface area contributed by atoms with Crippen LogP contribution < -0.4 is 0 Å². The molecule has 1 aliphatic rings. The highest BCUT2D eigenvalue weighted by atomic mass is 32.1. The normalized spacial score (nSPS) is 18.9. The van der Waals surface area contributed by atoms with E-state index in [4.69, 9.17) is 9.84 Å². The van der Waals surface area contributed by atoms with Crippen molar-refractivity contribution >= 4 is 17.2 Å². The third-order valence-electron chi connectivity index (χ3n) is 3.20. The van der Waals surface area contributed by atoms with E-state index in [0.29, 0.717) is 25.5 Å². The highest BCUT2D eigenvalue weighted by Gasteiger charge is 2.24. The number of nitrogens with zero attached hydrogens (tertiary/aromatic N) is 5. The second-order valence-corrected chi connectivity index (χ2v) is 5.45. The van der Waals surface area contributed by atoms with E-state index in [2.05, 4.69) is 15.4 Å². The summed E-state index contributed by atoms with van der Waals surface area (Å²) in [5.74, 6) is 0.408. The minimum absolute atomic E-state index is 0.0370. The van der Waals surface area contributed by atoms with Gasteiger partial charge in [0.25, 0.3) is 0 Å². The summed E-state index contributed by atoms with van der Waals surface area (Å²) >= 11 is 1.55. The number of aromatic nitrogens is 4. The standard InChI is InChI=1S/C12H15N5O3S/c18-7-10-5-16(2-3-20-10)11(19)6-17-14-12(13-15-17)9-1-4-21-8-9/h1,4,8,10,18H,2-3,5-7H2. The highest BCUT2D eigenvalue weighted by molar-refractivity contribution is 7.08. The number of amides is 1. The summed E-state index contributed by atoms with van der Waals surface area (Å²) in [7, 11) is 0. The van der Waals surface area contributed by atoms with Crippen LogP contribution in [0.5, 0.6) is 0 Å². The lowest BCUT2D eigenvalue weighted by Crippen LogP contribution is -2.48. The van der Waals surface area contributed by atoms with Crippen molar-refractivity contribution in [3.8, 4) is 11.4 Å². The zero-order valence-corrected chi connectivity index (χ0v) is 12.1. The average Bonchev–Trinajstić information content (AvgIpc) is 3.18. The van der Waals surface area contributed by atoms with Crippen LogP contribution in [0.3, 0.4) is 0 Å². The molecule has 1 atom stereocenters. The minimum Gasteiger partial charge on any atom is -0.394 e. The molecule has 8 nitrogen and oxygen atoms in total. The van der Waals surface area contributed by atoms with Crippen LogP contribution in [0.15, 0.2) is 16.8 Å². The van der Waals surface area contributed by atoms with Crippen LogP contribution in [-0.2, 0) is 16.1 Å². The summed E-state index contributed by atoms with van der Waals surface area (Å²) in [6.45, 7) is 1.29. The number of aliphatic hydroxyl groups excluding tert-OH is 1. The fourth-order valence-electron chi connectivity index (χ4n) is 2.09. The molecule has 0 radical (unpaired) electrons. The molecule has 2 aromatic rings. The Balaban J connectivity index is 1.62. The summed E-state index contributed by atoms with van der Waals surface area (Å²) in [5.41, 5.74) is 0.894. The molecule has 0 aromatic carbocycles. The maximum absolute atomic E-state index is 12.2. The molecule has 2 aromatic heterocycles. The molecule has 1 amide bonds. The van der Waals surface area contributed by atoms with E-state index in [9.17, 15) is 4.79 Å². The minimum atomic E-state index is -0.312. The number of morpholine rings is 1. The Morgan fingerprint density at radius 2 is 2.48 bits per heavy atom. The Labute approximate surface area is 124 Å². The largest absolute Gasteiger partial charge is 0.394 e. The third kappa shape index (κ3) is 3.26. The molecule has 0 saturated carbocycles. The SMILES string of the molecule is O=C(Cn1nnc(-c2ccsc2)n1)N1CCOC(CO)C1. The number of aliphatic hydroxyl groups is 1. The Morgan fingerprint density at radius 1 is 1.57 bits per heavy atom. The summed E-state index contributed by atoms with van der Waals surface area (Å²) in [5, 5.41) is 25.0. The van der Waals surface area contributed by atoms with Gasteiger partial charge in [-0.2, -0.15) is 16.1 Å². The predicted molar refractivity (Wildman–Crippen MR) is 74.5 cm³/mol. The van der Waals surface area contributed by atoms with Crippen molar-refractivity contribution < 1.29 is 14.6 Å². The Bertz CT molecular complexity index is 600. The van der Waals surface area contributed by atoms with E-state index in [0.717, 1.165) is 5.56 Å². The van der Waals surface area contributed by atoms with Gasteiger partial charge in [-0.05, 0) is 16.7 Å². The van der Waals surface area contributed by atoms with Crippen LogP contribution >= 0.6 is 11.3 Å². The monoisotopic (exact) mass is 309 g/mol. The van der Waals surface area contributed by atoms with Crippen molar-refractivity contribution in [3.05, 3.63) is 16.8 Å². The molecule has 1 aliphatic heterocycles. The second-order valence-electron chi connectivity index (χ2n) is 4.67. The van der Waals surface area contributed by atoms with E-state index < -0.39 is 0 Å². The van der Waals surface area contributed by atoms with Gasteiger partial charge in [-0.15, -0.1) is 10.2 Å². The van der Waals surface area contributed by atoms with E-state index in [1.807, 2.05) is 16.8 Å².